The Kier molecular flexibility index (Phi) is 8.31. The number of benzene rings is 3. The SMILES string of the molecule is COc1cc(Nc2nc(N3CCNCC3)nc(N(c3ccccc3)c3cc(OC)cc(OC)c3)n2)cc(OC)c1. The highest BCUT2D eigenvalue weighted by molar-refractivity contribution is 5.75. The fourth-order valence-corrected chi connectivity index (χ4v) is 4.40. The van der Waals surface area contributed by atoms with Gasteiger partial charge >= 0.3 is 0 Å². The van der Waals surface area contributed by atoms with Gasteiger partial charge in [-0.15, -0.1) is 0 Å². The highest BCUT2D eigenvalue weighted by Gasteiger charge is 2.22. The van der Waals surface area contributed by atoms with Crippen molar-refractivity contribution < 1.29 is 18.9 Å². The summed E-state index contributed by atoms with van der Waals surface area (Å²) in [4.78, 5) is 18.8. The lowest BCUT2D eigenvalue weighted by Gasteiger charge is -2.29. The minimum atomic E-state index is 0.379. The molecule has 40 heavy (non-hydrogen) atoms. The molecule has 11 nitrogen and oxygen atoms in total. The molecule has 1 saturated heterocycles. The van der Waals surface area contributed by atoms with Crippen LogP contribution in [0.25, 0.3) is 0 Å². The van der Waals surface area contributed by atoms with Gasteiger partial charge in [-0.05, 0) is 12.1 Å². The summed E-state index contributed by atoms with van der Waals surface area (Å²) in [6, 6.07) is 21.1. The van der Waals surface area contributed by atoms with Crippen molar-refractivity contribution in [3.63, 3.8) is 0 Å². The third-order valence-electron chi connectivity index (χ3n) is 6.43. The minimum Gasteiger partial charge on any atom is -0.497 e. The van der Waals surface area contributed by atoms with Crippen LogP contribution in [0.5, 0.6) is 23.0 Å². The first-order chi connectivity index (χ1) is 19.6. The average molecular weight is 544 g/mol. The van der Waals surface area contributed by atoms with E-state index in [2.05, 4.69) is 15.5 Å². The fourth-order valence-electron chi connectivity index (χ4n) is 4.40. The van der Waals surface area contributed by atoms with Crippen LogP contribution in [0.1, 0.15) is 0 Å². The van der Waals surface area contributed by atoms with Crippen LogP contribution >= 0.6 is 0 Å². The number of methoxy groups -OCH3 is 4. The summed E-state index contributed by atoms with van der Waals surface area (Å²) < 4.78 is 22.1. The quantitative estimate of drug-likeness (QED) is 0.295. The van der Waals surface area contributed by atoms with E-state index >= 15 is 0 Å². The maximum absolute atomic E-state index is 5.57. The van der Waals surface area contributed by atoms with E-state index in [-0.39, 0.29) is 0 Å². The third kappa shape index (κ3) is 6.10. The number of ether oxygens (including phenoxy) is 4. The highest BCUT2D eigenvalue weighted by atomic mass is 16.5. The van der Waals surface area contributed by atoms with Gasteiger partial charge in [-0.1, -0.05) is 18.2 Å². The molecule has 0 radical (unpaired) electrons. The van der Waals surface area contributed by atoms with Gasteiger partial charge in [-0.25, -0.2) is 0 Å². The first kappa shape index (κ1) is 26.8. The second kappa shape index (κ2) is 12.4. The van der Waals surface area contributed by atoms with Crippen molar-refractivity contribution in [2.75, 3.05) is 69.7 Å². The van der Waals surface area contributed by atoms with Crippen molar-refractivity contribution in [1.82, 2.24) is 20.3 Å². The molecular formula is C29H33N7O4. The Morgan fingerprint density at radius 2 is 1.27 bits per heavy atom. The van der Waals surface area contributed by atoms with Gasteiger partial charge in [-0.3, -0.25) is 4.90 Å². The van der Waals surface area contributed by atoms with Crippen molar-refractivity contribution in [2.45, 2.75) is 0 Å². The average Bonchev–Trinajstić information content (AvgIpc) is 3.01. The van der Waals surface area contributed by atoms with E-state index in [1.54, 1.807) is 28.4 Å². The van der Waals surface area contributed by atoms with Gasteiger partial charge in [0.1, 0.15) is 23.0 Å². The van der Waals surface area contributed by atoms with Gasteiger partial charge in [0.25, 0.3) is 0 Å². The summed E-state index contributed by atoms with van der Waals surface area (Å²) in [7, 11) is 6.48. The summed E-state index contributed by atoms with van der Waals surface area (Å²) in [5, 5.41) is 6.72. The van der Waals surface area contributed by atoms with E-state index in [4.69, 9.17) is 33.9 Å². The Labute approximate surface area is 233 Å². The molecule has 4 aromatic rings. The smallest absolute Gasteiger partial charge is 0.241 e. The number of piperazine rings is 1. The van der Waals surface area contributed by atoms with E-state index in [0.29, 0.717) is 46.5 Å². The molecule has 0 spiro atoms. The Balaban J connectivity index is 1.66. The maximum Gasteiger partial charge on any atom is 0.241 e. The van der Waals surface area contributed by atoms with Crippen molar-refractivity contribution >= 4 is 34.9 Å². The molecular weight excluding hydrogens is 510 g/mol. The van der Waals surface area contributed by atoms with E-state index in [0.717, 1.165) is 37.6 Å². The number of rotatable bonds is 10. The second-order valence-corrected chi connectivity index (χ2v) is 8.96. The van der Waals surface area contributed by atoms with Crippen molar-refractivity contribution in [3.8, 4) is 23.0 Å². The number of hydrogen-bond donors (Lipinski definition) is 2. The minimum absolute atomic E-state index is 0.379. The molecule has 0 bridgehead atoms. The van der Waals surface area contributed by atoms with Crippen molar-refractivity contribution in [2.24, 2.45) is 0 Å². The summed E-state index contributed by atoms with van der Waals surface area (Å²) in [5.41, 5.74) is 2.35. The van der Waals surface area contributed by atoms with E-state index in [1.165, 1.54) is 0 Å². The van der Waals surface area contributed by atoms with Gasteiger partial charge in [-0.2, -0.15) is 15.0 Å². The largest absolute Gasteiger partial charge is 0.497 e. The van der Waals surface area contributed by atoms with Crippen LogP contribution in [0.4, 0.5) is 34.9 Å². The predicted molar refractivity (Wildman–Crippen MR) is 156 cm³/mol. The van der Waals surface area contributed by atoms with Gasteiger partial charge in [0, 0.05) is 74.0 Å². The lowest BCUT2D eigenvalue weighted by Crippen LogP contribution is -2.44. The molecule has 11 heteroatoms. The Morgan fingerprint density at radius 1 is 0.700 bits per heavy atom. The first-order valence-corrected chi connectivity index (χ1v) is 12.9. The van der Waals surface area contributed by atoms with Gasteiger partial charge in [0.15, 0.2) is 0 Å². The molecule has 208 valence electrons. The van der Waals surface area contributed by atoms with E-state index in [9.17, 15) is 0 Å². The second-order valence-electron chi connectivity index (χ2n) is 8.96. The molecule has 0 amide bonds. The number of para-hydroxylation sites is 1. The number of aromatic nitrogens is 3. The van der Waals surface area contributed by atoms with Crippen LogP contribution < -0.4 is 39.4 Å². The van der Waals surface area contributed by atoms with Crippen LogP contribution in [0.15, 0.2) is 66.7 Å². The van der Waals surface area contributed by atoms with Gasteiger partial charge < -0.3 is 34.5 Å². The topological polar surface area (TPSA) is 106 Å². The molecule has 5 rings (SSSR count). The number of nitrogens with one attached hydrogen (secondary N) is 2. The zero-order valence-corrected chi connectivity index (χ0v) is 23.0. The zero-order chi connectivity index (χ0) is 27.9. The molecule has 1 fully saturated rings. The lowest BCUT2D eigenvalue weighted by atomic mass is 10.2. The monoisotopic (exact) mass is 543 g/mol. The fraction of sp³-hybridized carbons (Fsp3) is 0.276. The van der Waals surface area contributed by atoms with Crippen LogP contribution in [0, 0.1) is 0 Å². The van der Waals surface area contributed by atoms with Crippen molar-refractivity contribution in [1.29, 1.82) is 0 Å². The van der Waals surface area contributed by atoms with Gasteiger partial charge in [0.2, 0.25) is 17.8 Å². The maximum atomic E-state index is 5.57. The molecule has 1 aliphatic heterocycles. The Morgan fingerprint density at radius 3 is 1.85 bits per heavy atom. The molecule has 0 atom stereocenters. The summed E-state index contributed by atoms with van der Waals surface area (Å²) in [5.74, 6) is 3.97. The standard InChI is InChI=1S/C29H33N7O4/c1-37-23-14-20(15-24(18-23)38-2)31-27-32-28(35-12-10-30-11-13-35)34-29(33-27)36(21-8-6-5-7-9-21)22-16-25(39-3)19-26(17-22)40-4/h5-9,14-19,30H,10-13H2,1-4H3,(H,31,32,33,34). The summed E-state index contributed by atoms with van der Waals surface area (Å²) in [6.45, 7) is 3.22. The molecule has 0 unspecified atom stereocenters. The summed E-state index contributed by atoms with van der Waals surface area (Å²) in [6.07, 6.45) is 0. The van der Waals surface area contributed by atoms with Crippen molar-refractivity contribution in [3.05, 3.63) is 66.7 Å². The van der Waals surface area contributed by atoms with Crippen LogP contribution in [0.2, 0.25) is 0 Å². The molecule has 2 heterocycles. The lowest BCUT2D eigenvalue weighted by molar-refractivity contribution is 0.394. The molecule has 0 saturated carbocycles. The molecule has 1 aliphatic rings. The number of anilines is 6. The van der Waals surface area contributed by atoms with Crippen LogP contribution in [-0.4, -0.2) is 69.6 Å². The van der Waals surface area contributed by atoms with E-state index < -0.39 is 0 Å². The van der Waals surface area contributed by atoms with E-state index in [1.807, 2.05) is 71.6 Å². The number of hydrogen-bond acceptors (Lipinski definition) is 11. The normalized spacial score (nSPS) is 12.9. The zero-order valence-electron chi connectivity index (χ0n) is 23.0. The molecule has 3 aromatic carbocycles. The van der Waals surface area contributed by atoms with Crippen LogP contribution in [0.3, 0.4) is 0 Å². The predicted octanol–water partition coefficient (Wildman–Crippen LogP) is 4.53. The molecule has 1 aromatic heterocycles. The summed E-state index contributed by atoms with van der Waals surface area (Å²) >= 11 is 0. The Hall–Kier alpha value is -4.77. The Bertz CT molecular complexity index is 1390. The van der Waals surface area contributed by atoms with Crippen LogP contribution in [-0.2, 0) is 0 Å². The molecule has 0 aliphatic carbocycles. The third-order valence-corrected chi connectivity index (χ3v) is 6.43. The van der Waals surface area contributed by atoms with Gasteiger partial charge in [0.05, 0.1) is 34.1 Å². The highest BCUT2D eigenvalue weighted by Crippen LogP contribution is 2.38. The molecule has 2 N–H and O–H groups in total. The first-order valence-electron chi connectivity index (χ1n) is 12.9. The number of nitrogens with zero attached hydrogens (tertiary/aromatic N) is 5.